The summed E-state index contributed by atoms with van der Waals surface area (Å²) in [6, 6.07) is 2.09. The van der Waals surface area contributed by atoms with Gasteiger partial charge in [-0.1, -0.05) is 11.6 Å². The number of benzene rings is 1. The van der Waals surface area contributed by atoms with Crippen molar-refractivity contribution in [2.75, 3.05) is 0 Å². The van der Waals surface area contributed by atoms with E-state index in [1.807, 2.05) is 0 Å². The topological polar surface area (TPSA) is 17.1 Å². The quantitative estimate of drug-likeness (QED) is 0.550. The summed E-state index contributed by atoms with van der Waals surface area (Å²) in [4.78, 5) is 11.1. The van der Waals surface area contributed by atoms with E-state index in [1.165, 1.54) is 6.07 Å². The Hall–Kier alpha value is -0.300. The average Bonchev–Trinajstić information content (AvgIpc) is 1.99. The number of hydrogen-bond donors (Lipinski definition) is 0. The minimum atomic E-state index is -4.56. The minimum Gasteiger partial charge on any atom is -0.294 e. The molecule has 0 atom stereocenters. The zero-order chi connectivity index (χ0) is 11.8. The number of rotatable bonds is 1. The van der Waals surface area contributed by atoms with Gasteiger partial charge in [-0.3, -0.25) is 4.79 Å². The molecule has 0 N–H and O–H groups in total. The smallest absolute Gasteiger partial charge is 0.294 e. The summed E-state index contributed by atoms with van der Waals surface area (Å²) in [6.07, 6.45) is -4.56. The van der Waals surface area contributed by atoms with Gasteiger partial charge in [-0.15, -0.1) is 0 Å². The van der Waals surface area contributed by atoms with Crippen molar-refractivity contribution in [1.29, 1.82) is 0 Å². The largest absolute Gasteiger partial charge is 0.417 e. The van der Waals surface area contributed by atoms with Crippen molar-refractivity contribution >= 4 is 40.0 Å². The van der Waals surface area contributed by atoms with Crippen molar-refractivity contribution in [3.8, 4) is 0 Å². The molecule has 1 nitrogen and oxygen atoms in total. The molecule has 0 radical (unpaired) electrons. The van der Waals surface area contributed by atoms with Crippen LogP contribution in [0.25, 0.3) is 0 Å². The summed E-state index contributed by atoms with van der Waals surface area (Å²) >= 11 is 7.18. The lowest BCUT2D eigenvalue weighted by atomic mass is 10.0. The molecular formula is C9H5ClF3IO. The van der Waals surface area contributed by atoms with E-state index < -0.39 is 17.5 Å². The highest BCUT2D eigenvalue weighted by Gasteiger charge is 2.35. The summed E-state index contributed by atoms with van der Waals surface area (Å²) in [5, 5.41) is -0.0308. The zero-order valence-electron chi connectivity index (χ0n) is 7.45. The van der Waals surface area contributed by atoms with E-state index in [9.17, 15) is 18.0 Å². The lowest BCUT2D eigenvalue weighted by molar-refractivity contribution is -0.137. The monoisotopic (exact) mass is 348 g/mol. The molecule has 82 valence electrons. The third-order valence-corrected chi connectivity index (χ3v) is 2.78. The summed E-state index contributed by atoms with van der Waals surface area (Å²) in [5.74, 6) is -0.622. The first-order chi connectivity index (χ1) is 6.73. The molecule has 0 heterocycles. The van der Waals surface area contributed by atoms with Crippen molar-refractivity contribution in [2.24, 2.45) is 0 Å². The lowest BCUT2D eigenvalue weighted by Gasteiger charge is -2.12. The fourth-order valence-electron chi connectivity index (χ4n) is 1.15. The van der Waals surface area contributed by atoms with Crippen LogP contribution in [0.3, 0.4) is 0 Å². The zero-order valence-corrected chi connectivity index (χ0v) is 10.4. The molecular weight excluding hydrogens is 343 g/mol. The predicted octanol–water partition coefficient (Wildman–Crippen LogP) is 4.17. The van der Waals surface area contributed by atoms with Gasteiger partial charge in [-0.2, -0.15) is 13.2 Å². The van der Waals surface area contributed by atoms with Crippen LogP contribution in [0.4, 0.5) is 13.2 Å². The first kappa shape index (κ1) is 12.8. The van der Waals surface area contributed by atoms with Crippen LogP contribution in [0.2, 0.25) is 5.02 Å². The minimum absolute atomic E-state index is 0.0308. The number of alkyl halides is 3. The molecule has 0 unspecified atom stereocenters. The summed E-state index contributed by atoms with van der Waals surface area (Å²) in [6.45, 7) is 1.10. The van der Waals surface area contributed by atoms with Crippen LogP contribution in [0.1, 0.15) is 22.8 Å². The number of carbonyl (C=O) groups is 1. The van der Waals surface area contributed by atoms with E-state index in [1.54, 1.807) is 22.6 Å². The maximum absolute atomic E-state index is 12.6. The lowest BCUT2D eigenvalue weighted by Crippen LogP contribution is -2.13. The molecule has 6 heteroatoms. The Morgan fingerprint density at radius 2 is 1.93 bits per heavy atom. The van der Waals surface area contributed by atoms with Gasteiger partial charge in [0.05, 0.1) is 5.56 Å². The Morgan fingerprint density at radius 3 is 2.33 bits per heavy atom. The van der Waals surface area contributed by atoms with Crippen molar-refractivity contribution in [3.05, 3.63) is 31.9 Å². The Labute approximate surface area is 103 Å². The standard InChI is InChI=1S/C9H5ClF3IO/c1-4(15)8-6(9(11,12)13)2-5(10)3-7(8)14/h2-3H,1H3. The Balaban J connectivity index is 3.54. The van der Waals surface area contributed by atoms with Gasteiger partial charge < -0.3 is 0 Å². The number of halogens is 5. The van der Waals surface area contributed by atoms with Crippen molar-refractivity contribution in [2.45, 2.75) is 13.1 Å². The van der Waals surface area contributed by atoms with Crippen LogP contribution in [-0.2, 0) is 6.18 Å². The highest BCUT2D eigenvalue weighted by atomic mass is 127. The third-order valence-electron chi connectivity index (χ3n) is 1.71. The number of Topliss-reactive ketones (excluding diaryl/α,β-unsaturated/α-hetero) is 1. The maximum Gasteiger partial charge on any atom is 0.417 e. The van der Waals surface area contributed by atoms with Crippen LogP contribution in [-0.4, -0.2) is 5.78 Å². The number of hydrogen-bond acceptors (Lipinski definition) is 1. The second kappa shape index (κ2) is 4.29. The molecule has 0 saturated heterocycles. The molecule has 0 saturated carbocycles. The molecule has 1 rings (SSSR count). The van der Waals surface area contributed by atoms with E-state index in [0.717, 1.165) is 13.0 Å². The summed E-state index contributed by atoms with van der Waals surface area (Å²) in [7, 11) is 0. The SMILES string of the molecule is CC(=O)c1c(I)cc(Cl)cc1C(F)(F)F. The van der Waals surface area contributed by atoms with Gasteiger partial charge in [0.15, 0.2) is 5.78 Å². The number of ketones is 1. The van der Waals surface area contributed by atoms with Crippen LogP contribution in [0.15, 0.2) is 12.1 Å². The van der Waals surface area contributed by atoms with Gasteiger partial charge in [0.2, 0.25) is 0 Å². The van der Waals surface area contributed by atoms with Crippen molar-refractivity contribution in [3.63, 3.8) is 0 Å². The Kier molecular flexibility index (Phi) is 3.65. The fourth-order valence-corrected chi connectivity index (χ4v) is 2.56. The molecule has 0 spiro atoms. The first-order valence-electron chi connectivity index (χ1n) is 3.80. The number of carbonyl (C=O) groups excluding carboxylic acids is 1. The normalized spacial score (nSPS) is 11.6. The molecule has 15 heavy (non-hydrogen) atoms. The molecule has 0 fully saturated rings. The molecule has 0 aliphatic carbocycles. The van der Waals surface area contributed by atoms with Crippen molar-refractivity contribution in [1.82, 2.24) is 0 Å². The highest BCUT2D eigenvalue weighted by Crippen LogP contribution is 2.36. The van der Waals surface area contributed by atoms with E-state index >= 15 is 0 Å². The Morgan fingerprint density at radius 1 is 1.40 bits per heavy atom. The van der Waals surface area contributed by atoms with E-state index in [-0.39, 0.29) is 14.2 Å². The second-order valence-electron chi connectivity index (χ2n) is 2.86. The van der Waals surface area contributed by atoms with Crippen molar-refractivity contribution < 1.29 is 18.0 Å². The van der Waals surface area contributed by atoms with E-state index in [4.69, 9.17) is 11.6 Å². The Bertz CT molecular complexity index is 415. The van der Waals surface area contributed by atoms with Gasteiger partial charge in [-0.05, 0) is 41.6 Å². The predicted molar refractivity (Wildman–Crippen MR) is 59.2 cm³/mol. The van der Waals surface area contributed by atoms with Gasteiger partial charge >= 0.3 is 6.18 Å². The van der Waals surface area contributed by atoms with E-state index in [0.29, 0.717) is 0 Å². The first-order valence-corrected chi connectivity index (χ1v) is 5.26. The molecule has 0 aliphatic heterocycles. The molecule has 0 aliphatic rings. The summed E-state index contributed by atoms with van der Waals surface area (Å²) < 4.78 is 37.9. The summed E-state index contributed by atoms with van der Waals surface area (Å²) in [5.41, 5.74) is -1.31. The highest BCUT2D eigenvalue weighted by molar-refractivity contribution is 14.1. The van der Waals surface area contributed by atoms with Gasteiger partial charge in [0.25, 0.3) is 0 Å². The molecule has 0 bridgehead atoms. The van der Waals surface area contributed by atoms with Gasteiger partial charge in [-0.25, -0.2) is 0 Å². The van der Waals surface area contributed by atoms with Crippen LogP contribution >= 0.6 is 34.2 Å². The van der Waals surface area contributed by atoms with Crippen LogP contribution < -0.4 is 0 Å². The second-order valence-corrected chi connectivity index (χ2v) is 4.46. The van der Waals surface area contributed by atoms with Gasteiger partial charge in [0.1, 0.15) is 0 Å². The van der Waals surface area contributed by atoms with Gasteiger partial charge in [0, 0.05) is 14.2 Å². The van der Waals surface area contributed by atoms with E-state index in [2.05, 4.69) is 0 Å². The molecule has 1 aromatic rings. The molecule has 0 aromatic heterocycles. The fraction of sp³-hybridized carbons (Fsp3) is 0.222. The third kappa shape index (κ3) is 2.84. The molecule has 1 aromatic carbocycles. The van der Waals surface area contributed by atoms with Crippen LogP contribution in [0, 0.1) is 3.57 Å². The maximum atomic E-state index is 12.6. The average molecular weight is 348 g/mol. The van der Waals surface area contributed by atoms with Crippen LogP contribution in [0.5, 0.6) is 0 Å². The molecule has 0 amide bonds.